The van der Waals surface area contributed by atoms with E-state index < -0.39 is 23.2 Å². The van der Waals surface area contributed by atoms with Crippen LogP contribution < -0.4 is 4.74 Å². The molecule has 82 valence electrons. The van der Waals surface area contributed by atoms with E-state index in [1.807, 2.05) is 0 Å². The first-order chi connectivity index (χ1) is 6.93. The number of carboxylic acids is 1. The Morgan fingerprint density at radius 3 is 2.47 bits per heavy atom. The summed E-state index contributed by atoms with van der Waals surface area (Å²) in [5.41, 5.74) is -0.992. The fraction of sp³-hybridized carbons (Fsp3) is 0.300. The van der Waals surface area contributed by atoms with Gasteiger partial charge in [-0.3, -0.25) is 0 Å². The van der Waals surface area contributed by atoms with Crippen molar-refractivity contribution in [3.63, 3.8) is 0 Å². The molecule has 5 heteroatoms. The van der Waals surface area contributed by atoms with Gasteiger partial charge in [-0.25, -0.2) is 13.6 Å². The minimum absolute atomic E-state index is 0.260. The number of rotatable bonds is 3. The third-order valence-corrected chi connectivity index (χ3v) is 1.63. The van der Waals surface area contributed by atoms with Crippen molar-refractivity contribution in [2.75, 3.05) is 0 Å². The Morgan fingerprint density at radius 2 is 2.00 bits per heavy atom. The number of hydrogen-bond donors (Lipinski definition) is 1. The first-order valence-corrected chi connectivity index (χ1v) is 4.31. The van der Waals surface area contributed by atoms with E-state index in [0.29, 0.717) is 0 Å². The number of carbonyl (C=O) groups is 1. The van der Waals surface area contributed by atoms with E-state index in [1.165, 1.54) is 0 Å². The summed E-state index contributed by atoms with van der Waals surface area (Å²) in [6, 6.07) is 1.93. The molecule has 0 aliphatic heterocycles. The van der Waals surface area contributed by atoms with Crippen LogP contribution in [0.1, 0.15) is 24.2 Å². The summed E-state index contributed by atoms with van der Waals surface area (Å²) in [5, 5.41) is 8.57. The molecule has 0 atom stereocenters. The molecule has 0 unspecified atom stereocenters. The van der Waals surface area contributed by atoms with E-state index in [9.17, 15) is 13.6 Å². The number of hydrogen-bond acceptors (Lipinski definition) is 2. The number of benzene rings is 1. The van der Waals surface area contributed by atoms with Gasteiger partial charge in [0.25, 0.3) is 0 Å². The number of halogens is 2. The topological polar surface area (TPSA) is 46.5 Å². The van der Waals surface area contributed by atoms with Crippen molar-refractivity contribution in [1.82, 2.24) is 0 Å². The van der Waals surface area contributed by atoms with Crippen LogP contribution in [0, 0.1) is 11.6 Å². The molecular formula is C10H10F2O3. The standard InChI is InChI=1S/C10H10F2O3/c1-5(2)15-7-4-3-6(11)8(9(7)12)10(13)14/h3-5H,1-2H3,(H,13,14). The molecule has 1 rings (SSSR count). The molecule has 0 aliphatic rings. The quantitative estimate of drug-likeness (QED) is 0.844. The van der Waals surface area contributed by atoms with Gasteiger partial charge in [0.2, 0.25) is 0 Å². The molecular weight excluding hydrogens is 206 g/mol. The minimum atomic E-state index is -1.65. The van der Waals surface area contributed by atoms with Crippen molar-refractivity contribution < 1.29 is 23.4 Å². The van der Waals surface area contributed by atoms with Gasteiger partial charge in [0.1, 0.15) is 11.4 Å². The number of carboxylic acid groups (broad SMARTS) is 1. The second-order valence-electron chi connectivity index (χ2n) is 3.21. The average molecular weight is 216 g/mol. The highest BCUT2D eigenvalue weighted by atomic mass is 19.1. The summed E-state index contributed by atoms with van der Waals surface area (Å²) in [7, 11) is 0. The highest BCUT2D eigenvalue weighted by Crippen LogP contribution is 2.24. The zero-order valence-corrected chi connectivity index (χ0v) is 8.25. The van der Waals surface area contributed by atoms with Crippen LogP contribution in [0.15, 0.2) is 12.1 Å². The SMILES string of the molecule is CC(C)Oc1ccc(F)c(C(=O)O)c1F. The molecule has 0 spiro atoms. The lowest BCUT2D eigenvalue weighted by Gasteiger charge is -2.11. The van der Waals surface area contributed by atoms with Crippen molar-refractivity contribution in [3.8, 4) is 5.75 Å². The highest BCUT2D eigenvalue weighted by Gasteiger charge is 2.20. The Kier molecular flexibility index (Phi) is 3.24. The van der Waals surface area contributed by atoms with Gasteiger partial charge in [0.05, 0.1) is 6.10 Å². The lowest BCUT2D eigenvalue weighted by Crippen LogP contribution is -2.11. The monoisotopic (exact) mass is 216 g/mol. The lowest BCUT2D eigenvalue weighted by atomic mass is 10.2. The predicted octanol–water partition coefficient (Wildman–Crippen LogP) is 2.45. The summed E-state index contributed by atoms with van der Waals surface area (Å²) >= 11 is 0. The van der Waals surface area contributed by atoms with E-state index in [1.54, 1.807) is 13.8 Å². The van der Waals surface area contributed by atoms with Gasteiger partial charge in [-0.05, 0) is 26.0 Å². The maximum Gasteiger partial charge on any atom is 0.341 e. The molecule has 1 aromatic rings. The Morgan fingerprint density at radius 1 is 1.40 bits per heavy atom. The Labute approximate surface area is 85.3 Å². The van der Waals surface area contributed by atoms with E-state index >= 15 is 0 Å². The number of aromatic carboxylic acids is 1. The Bertz CT molecular complexity index is 388. The van der Waals surface area contributed by atoms with Crippen LogP contribution in [0.3, 0.4) is 0 Å². The molecule has 1 aromatic carbocycles. The maximum atomic E-state index is 13.4. The van der Waals surface area contributed by atoms with Gasteiger partial charge in [-0.15, -0.1) is 0 Å². The second kappa shape index (κ2) is 4.25. The largest absolute Gasteiger partial charge is 0.488 e. The zero-order chi connectivity index (χ0) is 11.6. The third-order valence-electron chi connectivity index (χ3n) is 1.63. The summed E-state index contributed by atoms with van der Waals surface area (Å²) in [6.45, 7) is 3.31. The molecule has 1 N–H and O–H groups in total. The van der Waals surface area contributed by atoms with E-state index in [0.717, 1.165) is 12.1 Å². The molecule has 0 fully saturated rings. The summed E-state index contributed by atoms with van der Waals surface area (Å²) < 4.78 is 31.3. The van der Waals surface area contributed by atoms with E-state index in [4.69, 9.17) is 9.84 Å². The van der Waals surface area contributed by atoms with Crippen LogP contribution in [-0.4, -0.2) is 17.2 Å². The van der Waals surface area contributed by atoms with Crippen molar-refractivity contribution in [2.24, 2.45) is 0 Å². The fourth-order valence-electron chi connectivity index (χ4n) is 1.07. The molecule has 0 amide bonds. The van der Waals surface area contributed by atoms with Crippen LogP contribution in [0.25, 0.3) is 0 Å². The molecule has 0 saturated carbocycles. The third kappa shape index (κ3) is 2.43. The molecule has 0 radical (unpaired) electrons. The van der Waals surface area contributed by atoms with Crippen molar-refractivity contribution in [3.05, 3.63) is 29.3 Å². The van der Waals surface area contributed by atoms with E-state index in [2.05, 4.69) is 0 Å². The second-order valence-corrected chi connectivity index (χ2v) is 3.21. The molecule has 0 aliphatic carbocycles. The van der Waals surface area contributed by atoms with Crippen LogP contribution in [0.4, 0.5) is 8.78 Å². The fourth-order valence-corrected chi connectivity index (χ4v) is 1.07. The van der Waals surface area contributed by atoms with Gasteiger partial charge in [0.15, 0.2) is 11.6 Å². The predicted molar refractivity (Wildman–Crippen MR) is 49.1 cm³/mol. The van der Waals surface area contributed by atoms with Gasteiger partial charge < -0.3 is 9.84 Å². The minimum Gasteiger partial charge on any atom is -0.488 e. The summed E-state index contributed by atoms with van der Waals surface area (Å²) in [6.07, 6.45) is -0.313. The molecule has 0 heterocycles. The van der Waals surface area contributed by atoms with Gasteiger partial charge >= 0.3 is 5.97 Å². The summed E-state index contributed by atoms with van der Waals surface area (Å²) in [4.78, 5) is 10.5. The highest BCUT2D eigenvalue weighted by molar-refractivity contribution is 5.88. The molecule has 15 heavy (non-hydrogen) atoms. The first-order valence-electron chi connectivity index (χ1n) is 4.31. The summed E-state index contributed by atoms with van der Waals surface area (Å²) in [5.74, 6) is -4.21. The first kappa shape index (κ1) is 11.4. The molecule has 0 bridgehead atoms. The van der Waals surface area contributed by atoms with Crippen LogP contribution in [0.2, 0.25) is 0 Å². The Hall–Kier alpha value is -1.65. The number of ether oxygens (including phenoxy) is 1. The maximum absolute atomic E-state index is 13.4. The molecule has 0 saturated heterocycles. The average Bonchev–Trinajstić information content (AvgIpc) is 2.09. The van der Waals surface area contributed by atoms with Gasteiger partial charge in [-0.2, -0.15) is 0 Å². The van der Waals surface area contributed by atoms with Gasteiger partial charge in [-0.1, -0.05) is 0 Å². The van der Waals surface area contributed by atoms with Crippen LogP contribution >= 0.6 is 0 Å². The molecule has 3 nitrogen and oxygen atoms in total. The van der Waals surface area contributed by atoms with Crippen LogP contribution in [-0.2, 0) is 0 Å². The smallest absolute Gasteiger partial charge is 0.341 e. The zero-order valence-electron chi connectivity index (χ0n) is 8.25. The van der Waals surface area contributed by atoms with Crippen LogP contribution in [0.5, 0.6) is 5.75 Å². The van der Waals surface area contributed by atoms with Crippen molar-refractivity contribution >= 4 is 5.97 Å². The van der Waals surface area contributed by atoms with Crippen molar-refractivity contribution in [2.45, 2.75) is 20.0 Å². The molecule has 0 aromatic heterocycles. The van der Waals surface area contributed by atoms with E-state index in [-0.39, 0.29) is 11.9 Å². The van der Waals surface area contributed by atoms with Crippen molar-refractivity contribution in [1.29, 1.82) is 0 Å². The van der Waals surface area contributed by atoms with Gasteiger partial charge in [0, 0.05) is 0 Å². The lowest BCUT2D eigenvalue weighted by molar-refractivity contribution is 0.0684. The Balaban J connectivity index is 3.22. The normalized spacial score (nSPS) is 10.5.